The Bertz CT molecular complexity index is 956. The van der Waals surface area contributed by atoms with Gasteiger partial charge in [-0.1, -0.05) is 49.3 Å². The molecule has 1 aliphatic rings. The number of carbonyl (C=O) groups excluding carboxylic acids is 3. The van der Waals surface area contributed by atoms with Gasteiger partial charge >= 0.3 is 0 Å². The fourth-order valence-electron chi connectivity index (χ4n) is 4.24. The van der Waals surface area contributed by atoms with Gasteiger partial charge in [-0.2, -0.15) is 0 Å². The molecule has 1 aromatic carbocycles. The summed E-state index contributed by atoms with van der Waals surface area (Å²) >= 11 is 0. The van der Waals surface area contributed by atoms with Gasteiger partial charge in [0.2, 0.25) is 11.8 Å². The first-order chi connectivity index (χ1) is 15.2. The number of hydrogen-bond donors (Lipinski definition) is 2. The van der Waals surface area contributed by atoms with Crippen LogP contribution in [-0.2, 0) is 14.4 Å². The number of hydrogen-bond acceptors (Lipinski definition) is 6. The summed E-state index contributed by atoms with van der Waals surface area (Å²) in [6.07, 6.45) is -0.522. The molecule has 4 unspecified atom stereocenters. The molecule has 8 heteroatoms. The van der Waals surface area contributed by atoms with Gasteiger partial charge in [0.15, 0.2) is 0 Å². The van der Waals surface area contributed by atoms with E-state index in [2.05, 4.69) is 10.5 Å². The van der Waals surface area contributed by atoms with Gasteiger partial charge in [0, 0.05) is 25.5 Å². The first-order valence-electron chi connectivity index (χ1n) is 10.9. The Balaban J connectivity index is 1.82. The Hall–Kier alpha value is -3.00. The number of nitrogens with zero attached hydrogens (tertiary/aromatic N) is 2. The third-order valence-corrected chi connectivity index (χ3v) is 5.76. The number of aryl methyl sites for hydroxylation is 1. The second-order valence-electron chi connectivity index (χ2n) is 8.87. The SMILES string of the molecule is CC(=O)CC(NC(=O)C1CC(O)CN1C(=O)C(c1cc(C)no1)C(C)C)c1ccccc1. The number of likely N-dealkylation sites (tertiary alicyclic amines) is 1. The van der Waals surface area contributed by atoms with E-state index in [-0.39, 0.29) is 42.9 Å². The number of aliphatic hydroxyl groups is 1. The molecule has 1 aromatic heterocycles. The monoisotopic (exact) mass is 441 g/mol. The maximum absolute atomic E-state index is 13.5. The maximum Gasteiger partial charge on any atom is 0.243 e. The third-order valence-electron chi connectivity index (χ3n) is 5.76. The Kier molecular flexibility index (Phi) is 7.45. The number of Topliss-reactive ketones (excluding diaryl/α,β-unsaturated/α-hetero) is 1. The van der Waals surface area contributed by atoms with E-state index in [1.165, 1.54) is 11.8 Å². The molecule has 4 atom stereocenters. The molecule has 3 rings (SSSR count). The van der Waals surface area contributed by atoms with Crippen molar-refractivity contribution in [1.82, 2.24) is 15.4 Å². The first kappa shape index (κ1) is 23.7. The van der Waals surface area contributed by atoms with E-state index < -0.39 is 24.1 Å². The summed E-state index contributed by atoms with van der Waals surface area (Å²) in [6.45, 7) is 7.13. The molecule has 0 radical (unpaired) electrons. The van der Waals surface area contributed by atoms with Crippen LogP contribution in [0.1, 0.15) is 62.6 Å². The van der Waals surface area contributed by atoms with Crippen molar-refractivity contribution in [2.24, 2.45) is 5.92 Å². The predicted octanol–water partition coefficient (Wildman–Crippen LogP) is 2.52. The molecular weight excluding hydrogens is 410 g/mol. The normalized spacial score (nSPS) is 20.2. The number of benzene rings is 1. The Morgan fingerprint density at radius 3 is 2.50 bits per heavy atom. The smallest absolute Gasteiger partial charge is 0.243 e. The average molecular weight is 442 g/mol. The first-order valence-corrected chi connectivity index (χ1v) is 10.9. The van der Waals surface area contributed by atoms with Gasteiger partial charge in [-0.25, -0.2) is 0 Å². The van der Waals surface area contributed by atoms with Crippen LogP contribution in [0, 0.1) is 12.8 Å². The topological polar surface area (TPSA) is 113 Å². The van der Waals surface area contributed by atoms with E-state index in [0.717, 1.165) is 5.56 Å². The summed E-state index contributed by atoms with van der Waals surface area (Å²) in [5.41, 5.74) is 1.48. The van der Waals surface area contributed by atoms with Crippen molar-refractivity contribution in [2.45, 2.75) is 64.6 Å². The van der Waals surface area contributed by atoms with Crippen molar-refractivity contribution < 1.29 is 24.0 Å². The van der Waals surface area contributed by atoms with Gasteiger partial charge in [0.1, 0.15) is 23.5 Å². The molecule has 1 saturated heterocycles. The fourth-order valence-corrected chi connectivity index (χ4v) is 4.24. The number of carbonyl (C=O) groups is 3. The summed E-state index contributed by atoms with van der Waals surface area (Å²) < 4.78 is 5.36. The second kappa shape index (κ2) is 10.1. The van der Waals surface area contributed by atoms with Crippen molar-refractivity contribution in [3.8, 4) is 0 Å². The van der Waals surface area contributed by atoms with E-state index in [1.807, 2.05) is 44.2 Å². The lowest BCUT2D eigenvalue weighted by atomic mass is 9.91. The van der Waals surface area contributed by atoms with Crippen molar-refractivity contribution >= 4 is 17.6 Å². The van der Waals surface area contributed by atoms with Gasteiger partial charge in [0.25, 0.3) is 0 Å². The van der Waals surface area contributed by atoms with Crippen LogP contribution in [0.15, 0.2) is 40.9 Å². The molecule has 1 aliphatic heterocycles. The average Bonchev–Trinajstić information content (AvgIpc) is 3.33. The summed E-state index contributed by atoms with van der Waals surface area (Å²) in [6, 6.07) is 9.63. The number of aromatic nitrogens is 1. The summed E-state index contributed by atoms with van der Waals surface area (Å²) in [4.78, 5) is 40.0. The number of nitrogens with one attached hydrogen (secondary N) is 1. The zero-order valence-corrected chi connectivity index (χ0v) is 18.9. The summed E-state index contributed by atoms with van der Waals surface area (Å²) in [5, 5.41) is 17.1. The lowest BCUT2D eigenvalue weighted by molar-refractivity contribution is -0.141. The molecule has 0 saturated carbocycles. The number of ketones is 1. The van der Waals surface area contributed by atoms with Crippen LogP contribution in [0.5, 0.6) is 0 Å². The highest BCUT2D eigenvalue weighted by molar-refractivity contribution is 5.91. The van der Waals surface area contributed by atoms with E-state index in [1.54, 1.807) is 13.0 Å². The third kappa shape index (κ3) is 5.43. The molecule has 172 valence electrons. The van der Waals surface area contributed by atoms with E-state index >= 15 is 0 Å². The van der Waals surface area contributed by atoms with Crippen molar-refractivity contribution in [1.29, 1.82) is 0 Å². The Morgan fingerprint density at radius 1 is 1.25 bits per heavy atom. The van der Waals surface area contributed by atoms with Crippen LogP contribution >= 0.6 is 0 Å². The van der Waals surface area contributed by atoms with Crippen LogP contribution < -0.4 is 5.32 Å². The molecule has 2 heterocycles. The van der Waals surface area contributed by atoms with Crippen LogP contribution in [0.2, 0.25) is 0 Å². The van der Waals surface area contributed by atoms with Gasteiger partial charge in [-0.05, 0) is 25.3 Å². The van der Waals surface area contributed by atoms with Crippen molar-refractivity contribution in [3.63, 3.8) is 0 Å². The quantitative estimate of drug-likeness (QED) is 0.651. The van der Waals surface area contributed by atoms with Crippen LogP contribution in [0.25, 0.3) is 0 Å². The maximum atomic E-state index is 13.5. The number of aliphatic hydroxyl groups excluding tert-OH is 1. The highest BCUT2D eigenvalue weighted by Crippen LogP contribution is 2.31. The fraction of sp³-hybridized carbons (Fsp3) is 0.500. The molecule has 2 amide bonds. The highest BCUT2D eigenvalue weighted by Gasteiger charge is 2.43. The Morgan fingerprint density at radius 2 is 1.94 bits per heavy atom. The predicted molar refractivity (Wildman–Crippen MR) is 118 cm³/mol. The lowest BCUT2D eigenvalue weighted by Gasteiger charge is -2.30. The number of amides is 2. The molecule has 32 heavy (non-hydrogen) atoms. The van der Waals surface area contributed by atoms with Crippen molar-refractivity contribution in [3.05, 3.63) is 53.4 Å². The standard InChI is InChI=1S/C24H31N3O5/c1-14(2)22(21-10-15(3)26-32-21)24(31)27-13-18(29)12-20(27)23(30)25-19(11-16(4)28)17-8-6-5-7-9-17/h5-10,14,18-20,22,29H,11-13H2,1-4H3,(H,25,30). The number of rotatable bonds is 8. The van der Waals surface area contributed by atoms with E-state index in [0.29, 0.717) is 11.5 Å². The van der Waals surface area contributed by atoms with Gasteiger partial charge in [0.05, 0.1) is 17.8 Å². The van der Waals surface area contributed by atoms with Crippen LogP contribution in [0.3, 0.4) is 0 Å². The largest absolute Gasteiger partial charge is 0.391 e. The van der Waals surface area contributed by atoms with Crippen molar-refractivity contribution in [2.75, 3.05) is 6.54 Å². The molecular formula is C24H31N3O5. The highest BCUT2D eigenvalue weighted by atomic mass is 16.5. The molecule has 8 nitrogen and oxygen atoms in total. The van der Waals surface area contributed by atoms with Gasteiger partial charge in [-0.3, -0.25) is 14.4 Å². The molecule has 2 N–H and O–H groups in total. The lowest BCUT2D eigenvalue weighted by Crippen LogP contribution is -2.49. The zero-order chi connectivity index (χ0) is 23.4. The number of β-amino-alcohol motifs (C(OH)–C–C–N with tert-alkyl or cyclic N) is 1. The zero-order valence-electron chi connectivity index (χ0n) is 18.9. The second-order valence-corrected chi connectivity index (χ2v) is 8.87. The van der Waals surface area contributed by atoms with Crippen LogP contribution in [-0.4, -0.2) is 51.5 Å². The Labute approximate surface area is 188 Å². The summed E-state index contributed by atoms with van der Waals surface area (Å²) in [5.74, 6) is -0.983. The minimum atomic E-state index is -0.832. The van der Waals surface area contributed by atoms with Crippen LogP contribution in [0.4, 0.5) is 0 Å². The molecule has 0 bridgehead atoms. The van der Waals surface area contributed by atoms with Gasteiger partial charge < -0.3 is 19.8 Å². The minimum Gasteiger partial charge on any atom is -0.391 e. The van der Waals surface area contributed by atoms with Gasteiger partial charge in [-0.15, -0.1) is 0 Å². The summed E-state index contributed by atoms with van der Waals surface area (Å²) in [7, 11) is 0. The van der Waals surface area contributed by atoms with E-state index in [4.69, 9.17) is 4.52 Å². The minimum absolute atomic E-state index is 0.0564. The molecule has 1 fully saturated rings. The molecule has 2 aromatic rings. The molecule has 0 aliphatic carbocycles. The van der Waals surface area contributed by atoms with E-state index in [9.17, 15) is 19.5 Å². The molecule has 0 spiro atoms.